The van der Waals surface area contributed by atoms with Gasteiger partial charge in [-0.2, -0.15) is 0 Å². The number of H-pyrrole nitrogens is 1. The summed E-state index contributed by atoms with van der Waals surface area (Å²) in [5, 5.41) is 4.36. The van der Waals surface area contributed by atoms with E-state index in [2.05, 4.69) is 10.3 Å². The third-order valence-corrected chi connectivity index (χ3v) is 8.22. The molecule has 7 rings (SSSR count). The Kier molecular flexibility index (Phi) is 4.84. The lowest BCUT2D eigenvalue weighted by atomic mass is 9.60. The molecule has 1 heterocycles. The molecule has 2 unspecified atom stereocenters. The largest absolute Gasteiger partial charge is 0.352 e. The molecule has 4 fully saturated rings. The highest BCUT2D eigenvalue weighted by molar-refractivity contribution is 5.92. The summed E-state index contributed by atoms with van der Waals surface area (Å²) in [6.45, 7) is 0.964. The second kappa shape index (κ2) is 7.63. The standard InChI is InChI=1S/C26H28F3N3/c27-18-3-1-14(2-4-18)25-24(20-9-19(28)10-21(29)26(20)32-25)17-5-13(6-17)12-31-23-11-22(30)15-7-16(23)8-15/h1-4,9-10,13,15-17,22-23,31-32H,5-8,11-12,30H2. The Labute approximate surface area is 185 Å². The van der Waals surface area contributed by atoms with Gasteiger partial charge in [0.25, 0.3) is 0 Å². The minimum absolute atomic E-state index is 0.221. The maximum absolute atomic E-state index is 14.5. The van der Waals surface area contributed by atoms with Gasteiger partial charge in [-0.15, -0.1) is 0 Å². The molecule has 0 aliphatic heterocycles. The van der Waals surface area contributed by atoms with Gasteiger partial charge in [0.15, 0.2) is 0 Å². The third kappa shape index (κ3) is 3.35. The monoisotopic (exact) mass is 439 g/mol. The SMILES string of the molecule is NC1CC(NCC2CC(c3c(-c4ccc(F)cc4)[nH]c4c(F)cc(F)cc34)C2)C2CC1C2. The number of benzene rings is 2. The third-order valence-electron chi connectivity index (χ3n) is 8.22. The molecule has 4 N–H and O–H groups in total. The lowest BCUT2D eigenvalue weighted by Gasteiger charge is -2.51. The van der Waals surface area contributed by atoms with E-state index in [4.69, 9.17) is 5.73 Å². The minimum atomic E-state index is -0.598. The summed E-state index contributed by atoms with van der Waals surface area (Å²) in [4.78, 5) is 3.17. The fraction of sp³-hybridized carbons (Fsp3) is 0.462. The number of rotatable bonds is 5. The zero-order valence-electron chi connectivity index (χ0n) is 17.9. The Morgan fingerprint density at radius 2 is 1.66 bits per heavy atom. The van der Waals surface area contributed by atoms with Gasteiger partial charge in [0.05, 0.1) is 11.2 Å². The summed E-state index contributed by atoms with van der Waals surface area (Å²) in [7, 11) is 0. The normalized spacial score (nSPS) is 31.4. The van der Waals surface area contributed by atoms with Crippen LogP contribution in [0.15, 0.2) is 36.4 Å². The summed E-state index contributed by atoms with van der Waals surface area (Å²) < 4.78 is 42.1. The maximum atomic E-state index is 14.5. The molecule has 2 aromatic carbocycles. The van der Waals surface area contributed by atoms with Crippen molar-refractivity contribution in [1.82, 2.24) is 10.3 Å². The molecule has 0 saturated heterocycles. The van der Waals surface area contributed by atoms with E-state index in [1.54, 1.807) is 12.1 Å². The lowest BCUT2D eigenvalue weighted by molar-refractivity contribution is 0.0484. The van der Waals surface area contributed by atoms with Gasteiger partial charge in [-0.05, 0) is 104 Å². The molecule has 0 radical (unpaired) electrons. The van der Waals surface area contributed by atoms with E-state index in [0.717, 1.165) is 60.5 Å². The first kappa shape index (κ1) is 20.3. The van der Waals surface area contributed by atoms with Crippen molar-refractivity contribution >= 4 is 10.9 Å². The van der Waals surface area contributed by atoms with E-state index >= 15 is 0 Å². The molecule has 4 aliphatic rings. The first-order chi connectivity index (χ1) is 15.5. The number of aromatic nitrogens is 1. The van der Waals surface area contributed by atoms with Crippen molar-refractivity contribution in [3.8, 4) is 11.3 Å². The fourth-order valence-electron chi connectivity index (χ4n) is 6.28. The Balaban J connectivity index is 1.23. The van der Waals surface area contributed by atoms with Crippen LogP contribution in [0.25, 0.3) is 22.2 Å². The second-order valence-electron chi connectivity index (χ2n) is 10.2. The van der Waals surface area contributed by atoms with Crippen molar-refractivity contribution in [3.05, 3.63) is 59.4 Å². The molecular formula is C26H28F3N3. The topological polar surface area (TPSA) is 53.8 Å². The van der Waals surface area contributed by atoms with Gasteiger partial charge in [-0.25, -0.2) is 13.2 Å². The Morgan fingerprint density at radius 1 is 0.906 bits per heavy atom. The zero-order chi connectivity index (χ0) is 22.0. The second-order valence-corrected chi connectivity index (χ2v) is 10.2. The first-order valence-electron chi connectivity index (χ1n) is 11.7. The molecule has 32 heavy (non-hydrogen) atoms. The van der Waals surface area contributed by atoms with E-state index in [0.29, 0.717) is 28.9 Å². The van der Waals surface area contributed by atoms with Gasteiger partial charge in [0.1, 0.15) is 17.5 Å². The minimum Gasteiger partial charge on any atom is -0.352 e. The van der Waals surface area contributed by atoms with E-state index in [1.165, 1.54) is 31.0 Å². The van der Waals surface area contributed by atoms with E-state index in [9.17, 15) is 13.2 Å². The predicted octanol–water partition coefficient (Wildman–Crippen LogP) is 5.46. The van der Waals surface area contributed by atoms with Crippen molar-refractivity contribution in [2.24, 2.45) is 23.5 Å². The van der Waals surface area contributed by atoms with Gasteiger partial charge >= 0.3 is 0 Å². The van der Waals surface area contributed by atoms with Gasteiger partial charge in [0, 0.05) is 23.5 Å². The van der Waals surface area contributed by atoms with Crippen LogP contribution in [0.2, 0.25) is 0 Å². The Hall–Kier alpha value is -2.31. The summed E-state index contributed by atoms with van der Waals surface area (Å²) in [6.07, 6.45) is 5.54. The Morgan fingerprint density at radius 3 is 2.38 bits per heavy atom. The number of halogens is 3. The molecule has 168 valence electrons. The van der Waals surface area contributed by atoms with Crippen LogP contribution >= 0.6 is 0 Å². The molecule has 3 aromatic rings. The maximum Gasteiger partial charge on any atom is 0.150 e. The van der Waals surface area contributed by atoms with Crippen LogP contribution in [0.5, 0.6) is 0 Å². The van der Waals surface area contributed by atoms with Crippen LogP contribution in [0.3, 0.4) is 0 Å². The van der Waals surface area contributed by atoms with Crippen molar-refractivity contribution in [3.63, 3.8) is 0 Å². The van der Waals surface area contributed by atoms with Crippen LogP contribution in [0.4, 0.5) is 13.2 Å². The first-order valence-corrected chi connectivity index (χ1v) is 11.7. The lowest BCUT2D eigenvalue weighted by Crippen LogP contribution is -2.57. The molecular weight excluding hydrogens is 411 g/mol. The highest BCUT2D eigenvalue weighted by Crippen LogP contribution is 2.49. The quantitative estimate of drug-likeness (QED) is 0.494. The van der Waals surface area contributed by atoms with E-state index in [-0.39, 0.29) is 11.7 Å². The predicted molar refractivity (Wildman–Crippen MR) is 120 cm³/mol. The van der Waals surface area contributed by atoms with Crippen LogP contribution in [-0.4, -0.2) is 23.6 Å². The number of aromatic amines is 1. The summed E-state index contributed by atoms with van der Waals surface area (Å²) >= 11 is 0. The zero-order valence-corrected chi connectivity index (χ0v) is 17.9. The average Bonchev–Trinajstić information content (AvgIpc) is 3.05. The molecule has 2 atom stereocenters. The van der Waals surface area contributed by atoms with Gasteiger partial charge in [-0.3, -0.25) is 0 Å². The van der Waals surface area contributed by atoms with E-state index in [1.807, 2.05) is 0 Å². The van der Waals surface area contributed by atoms with Crippen LogP contribution in [-0.2, 0) is 0 Å². The van der Waals surface area contributed by atoms with Crippen molar-refractivity contribution < 1.29 is 13.2 Å². The number of hydrogen-bond donors (Lipinski definition) is 3. The molecule has 3 nitrogen and oxygen atoms in total. The van der Waals surface area contributed by atoms with Gasteiger partial charge in [0.2, 0.25) is 0 Å². The summed E-state index contributed by atoms with van der Waals surface area (Å²) in [5.74, 6) is 0.778. The van der Waals surface area contributed by atoms with Crippen molar-refractivity contribution in [2.45, 2.75) is 50.1 Å². The number of hydrogen-bond acceptors (Lipinski definition) is 2. The highest BCUT2D eigenvalue weighted by atomic mass is 19.1. The van der Waals surface area contributed by atoms with Crippen LogP contribution in [0.1, 0.15) is 43.6 Å². The summed E-state index contributed by atoms with van der Waals surface area (Å²) in [5.41, 5.74) is 9.09. The molecule has 0 amide bonds. The smallest absolute Gasteiger partial charge is 0.150 e. The van der Waals surface area contributed by atoms with Crippen molar-refractivity contribution in [1.29, 1.82) is 0 Å². The molecule has 0 spiro atoms. The highest BCUT2D eigenvalue weighted by Gasteiger charge is 2.44. The number of nitrogens with one attached hydrogen (secondary N) is 2. The van der Waals surface area contributed by atoms with Crippen molar-refractivity contribution in [2.75, 3.05) is 6.54 Å². The van der Waals surface area contributed by atoms with Gasteiger partial charge < -0.3 is 16.0 Å². The average molecular weight is 440 g/mol. The van der Waals surface area contributed by atoms with Crippen LogP contribution < -0.4 is 11.1 Å². The number of nitrogens with two attached hydrogens (primary N) is 1. The molecule has 4 saturated carbocycles. The summed E-state index contributed by atoms with van der Waals surface area (Å²) in [6, 6.07) is 9.36. The van der Waals surface area contributed by atoms with Crippen LogP contribution in [0, 0.1) is 35.2 Å². The van der Waals surface area contributed by atoms with Gasteiger partial charge in [-0.1, -0.05) is 0 Å². The fourth-order valence-corrected chi connectivity index (χ4v) is 6.28. The van der Waals surface area contributed by atoms with E-state index < -0.39 is 11.6 Å². The molecule has 1 aromatic heterocycles. The number of fused-ring (bicyclic) bond motifs is 3. The Bertz CT molecular complexity index is 1140. The molecule has 4 aliphatic carbocycles. The molecule has 6 heteroatoms. The molecule has 2 bridgehead atoms.